The number of halogens is 1. The minimum atomic E-state index is -0.361. The Morgan fingerprint density at radius 3 is 2.63 bits per heavy atom. The van der Waals surface area contributed by atoms with Crippen molar-refractivity contribution < 1.29 is 18.6 Å². The van der Waals surface area contributed by atoms with Gasteiger partial charge in [-0.15, -0.1) is 0 Å². The van der Waals surface area contributed by atoms with Gasteiger partial charge in [0.2, 0.25) is 0 Å². The zero-order chi connectivity index (χ0) is 27.3. The number of aromatic nitrogens is 3. The van der Waals surface area contributed by atoms with Crippen molar-refractivity contribution in [3.8, 4) is 34.0 Å². The molecule has 6 bridgehead atoms. The molecule has 9 rings (SSSR count). The second kappa shape index (κ2) is 10.3. The third-order valence-corrected chi connectivity index (χ3v) is 9.21. The molecule has 1 N–H and O–H groups in total. The Bertz CT molecular complexity index is 1570. The minimum absolute atomic E-state index is 0.361. The quantitative estimate of drug-likeness (QED) is 0.369. The maximum absolute atomic E-state index is 15.0. The molecule has 212 valence electrons. The monoisotopic (exact) mass is 555 g/mol. The molecule has 9 heteroatoms. The molecule has 2 aromatic carbocycles. The first kappa shape index (κ1) is 25.1. The van der Waals surface area contributed by atoms with Crippen LogP contribution in [0.4, 0.5) is 10.1 Å². The molecule has 8 nitrogen and oxygen atoms in total. The highest BCUT2D eigenvalue weighted by Gasteiger charge is 2.45. The van der Waals surface area contributed by atoms with E-state index < -0.39 is 0 Å². The molecule has 2 aromatic heterocycles. The molecule has 7 heterocycles. The van der Waals surface area contributed by atoms with E-state index in [2.05, 4.69) is 43.2 Å². The number of pyridine rings is 1. The SMILES string of the molecule is Fc1cccc2c1-c1cc3c(n[nH]c3cn1)-c1ccc(N3CC4CC(C3)N4CC3CCOCC3)c(c1)OCCCO2. The van der Waals surface area contributed by atoms with Crippen LogP contribution in [0.15, 0.2) is 48.7 Å². The van der Waals surface area contributed by atoms with Crippen molar-refractivity contribution in [2.75, 3.05) is 51.0 Å². The van der Waals surface area contributed by atoms with Crippen molar-refractivity contribution >= 4 is 16.6 Å². The normalized spacial score (nSPS) is 22.9. The molecule has 0 amide bonds. The van der Waals surface area contributed by atoms with Crippen molar-refractivity contribution in [3.05, 3.63) is 54.5 Å². The van der Waals surface area contributed by atoms with Gasteiger partial charge in [-0.3, -0.25) is 15.0 Å². The summed E-state index contributed by atoms with van der Waals surface area (Å²) < 4.78 is 33.1. The molecular formula is C32H34FN5O3. The van der Waals surface area contributed by atoms with Gasteiger partial charge < -0.3 is 19.1 Å². The van der Waals surface area contributed by atoms with Crippen LogP contribution in [0.25, 0.3) is 33.4 Å². The fourth-order valence-corrected chi connectivity index (χ4v) is 7.02. The Labute approximate surface area is 238 Å². The Hall–Kier alpha value is -3.69. The third kappa shape index (κ3) is 4.51. The third-order valence-electron chi connectivity index (χ3n) is 9.21. The lowest BCUT2D eigenvalue weighted by Crippen LogP contribution is -2.69. The van der Waals surface area contributed by atoms with Crippen LogP contribution in [0.2, 0.25) is 0 Å². The van der Waals surface area contributed by atoms with E-state index in [1.54, 1.807) is 18.3 Å². The van der Waals surface area contributed by atoms with Crippen LogP contribution in [-0.4, -0.2) is 78.2 Å². The van der Waals surface area contributed by atoms with Crippen LogP contribution in [-0.2, 0) is 4.74 Å². The number of piperidine rings is 1. The summed E-state index contributed by atoms with van der Waals surface area (Å²) in [5, 5.41) is 8.61. The highest BCUT2D eigenvalue weighted by molar-refractivity contribution is 5.95. The summed E-state index contributed by atoms with van der Waals surface area (Å²) in [6.45, 7) is 5.96. The molecule has 5 aliphatic rings. The number of ether oxygens (including phenoxy) is 3. The summed E-state index contributed by atoms with van der Waals surface area (Å²) in [5.41, 5.74) is 4.57. The lowest BCUT2D eigenvalue weighted by Gasteiger charge is -2.58. The Morgan fingerprint density at radius 1 is 0.951 bits per heavy atom. The Balaban J connectivity index is 1.11. The van der Waals surface area contributed by atoms with E-state index in [0.29, 0.717) is 48.7 Å². The summed E-state index contributed by atoms with van der Waals surface area (Å²) in [6.07, 6.45) is 6.03. The van der Waals surface area contributed by atoms with Crippen molar-refractivity contribution in [3.63, 3.8) is 0 Å². The van der Waals surface area contributed by atoms with E-state index in [0.717, 1.165) is 65.8 Å². The first-order valence-electron chi connectivity index (χ1n) is 14.8. The number of benzene rings is 2. The topological polar surface area (TPSA) is 75.7 Å². The molecule has 0 spiro atoms. The van der Waals surface area contributed by atoms with Gasteiger partial charge in [0.05, 0.1) is 41.9 Å². The number of nitrogens with one attached hydrogen (secondary N) is 1. The number of fused-ring (bicyclic) bond motifs is 8. The molecule has 4 saturated heterocycles. The zero-order valence-electron chi connectivity index (χ0n) is 23.0. The van der Waals surface area contributed by atoms with Crippen molar-refractivity contribution in [2.45, 2.75) is 37.8 Å². The van der Waals surface area contributed by atoms with Crippen molar-refractivity contribution in [2.24, 2.45) is 5.92 Å². The molecule has 0 aliphatic carbocycles. The van der Waals surface area contributed by atoms with Gasteiger partial charge in [0.1, 0.15) is 23.0 Å². The van der Waals surface area contributed by atoms with Crippen LogP contribution >= 0.6 is 0 Å². The lowest BCUT2D eigenvalue weighted by molar-refractivity contribution is -0.0319. The van der Waals surface area contributed by atoms with Crippen LogP contribution in [0.3, 0.4) is 0 Å². The second-order valence-corrected chi connectivity index (χ2v) is 11.7. The van der Waals surface area contributed by atoms with E-state index in [1.165, 1.54) is 31.9 Å². The molecule has 0 saturated carbocycles. The summed E-state index contributed by atoms with van der Waals surface area (Å²) in [6, 6.07) is 14.4. The summed E-state index contributed by atoms with van der Waals surface area (Å²) >= 11 is 0. The average molecular weight is 556 g/mol. The van der Waals surface area contributed by atoms with Crippen molar-refractivity contribution in [1.82, 2.24) is 20.1 Å². The van der Waals surface area contributed by atoms with Gasteiger partial charge in [-0.2, -0.15) is 5.10 Å². The van der Waals surface area contributed by atoms with Crippen LogP contribution < -0.4 is 14.4 Å². The second-order valence-electron chi connectivity index (χ2n) is 11.7. The number of hydrogen-bond acceptors (Lipinski definition) is 7. The van der Waals surface area contributed by atoms with E-state index in [4.69, 9.17) is 14.2 Å². The maximum Gasteiger partial charge on any atom is 0.143 e. The maximum atomic E-state index is 15.0. The fraction of sp³-hybridized carbons (Fsp3) is 0.438. The lowest BCUT2D eigenvalue weighted by atomic mass is 9.84. The molecule has 0 radical (unpaired) electrons. The summed E-state index contributed by atoms with van der Waals surface area (Å²) in [4.78, 5) is 9.78. The standard InChI is InChI=1S/C32H34FN5O3/c33-25-3-1-4-29-31(25)26-15-24-27(16-34-26)35-36-32(24)21-5-6-28(30(13-21)41-10-2-9-40-29)37-18-22-14-23(19-37)38(22)17-20-7-11-39-12-8-20/h1,3-6,13,15-16,20,22-23H,2,7-12,14,17-19H2,(H,35,36). The highest BCUT2D eigenvalue weighted by Crippen LogP contribution is 2.42. The smallest absolute Gasteiger partial charge is 0.143 e. The Kier molecular flexibility index (Phi) is 6.29. The van der Waals surface area contributed by atoms with Gasteiger partial charge in [-0.25, -0.2) is 4.39 Å². The number of hydrogen-bond donors (Lipinski definition) is 1. The molecule has 2 unspecified atom stereocenters. The van der Waals surface area contributed by atoms with Crippen LogP contribution in [0, 0.1) is 11.7 Å². The predicted octanol–water partition coefficient (Wildman–Crippen LogP) is 5.28. The number of anilines is 1. The van der Waals surface area contributed by atoms with E-state index >= 15 is 4.39 Å². The van der Waals surface area contributed by atoms with Gasteiger partial charge in [0, 0.05) is 62.3 Å². The summed E-state index contributed by atoms with van der Waals surface area (Å²) in [5.74, 6) is 1.75. The summed E-state index contributed by atoms with van der Waals surface area (Å²) in [7, 11) is 0. The first-order chi connectivity index (χ1) is 20.2. The van der Waals surface area contributed by atoms with Crippen LogP contribution in [0.1, 0.15) is 25.7 Å². The van der Waals surface area contributed by atoms with Gasteiger partial charge in [-0.05, 0) is 55.5 Å². The van der Waals surface area contributed by atoms with E-state index in [-0.39, 0.29) is 5.82 Å². The zero-order valence-corrected chi connectivity index (χ0v) is 23.0. The molecule has 4 fully saturated rings. The molecule has 41 heavy (non-hydrogen) atoms. The van der Waals surface area contributed by atoms with E-state index in [9.17, 15) is 0 Å². The average Bonchev–Trinajstić information content (AvgIpc) is 3.43. The molecule has 5 aliphatic heterocycles. The molecule has 2 atom stereocenters. The fourth-order valence-electron chi connectivity index (χ4n) is 7.02. The molecular weight excluding hydrogens is 521 g/mol. The predicted molar refractivity (Wildman–Crippen MR) is 155 cm³/mol. The van der Waals surface area contributed by atoms with E-state index in [1.807, 2.05) is 6.07 Å². The van der Waals surface area contributed by atoms with Gasteiger partial charge in [0.25, 0.3) is 0 Å². The number of nitrogens with zero attached hydrogens (tertiary/aromatic N) is 4. The number of aromatic amines is 1. The molecule has 4 aromatic rings. The first-order valence-corrected chi connectivity index (χ1v) is 14.8. The Morgan fingerprint density at radius 2 is 1.78 bits per heavy atom. The highest BCUT2D eigenvalue weighted by atomic mass is 19.1. The van der Waals surface area contributed by atoms with Gasteiger partial charge >= 0.3 is 0 Å². The largest absolute Gasteiger partial charge is 0.493 e. The minimum Gasteiger partial charge on any atom is -0.493 e. The van der Waals surface area contributed by atoms with Gasteiger partial charge in [0.15, 0.2) is 0 Å². The number of piperazine rings is 1. The number of H-pyrrole nitrogens is 1. The van der Waals surface area contributed by atoms with Crippen molar-refractivity contribution in [1.29, 1.82) is 0 Å². The van der Waals surface area contributed by atoms with Crippen LogP contribution in [0.5, 0.6) is 11.5 Å². The van der Waals surface area contributed by atoms with Gasteiger partial charge in [-0.1, -0.05) is 12.1 Å². The number of rotatable bonds is 3.